The SMILES string of the molecule is NC1(c2ccc(CF)cc2Cl)CCCC1. The van der Waals surface area contributed by atoms with Crippen LogP contribution in [-0.4, -0.2) is 0 Å². The Labute approximate surface area is 94.4 Å². The van der Waals surface area contributed by atoms with Crippen LogP contribution >= 0.6 is 11.6 Å². The van der Waals surface area contributed by atoms with Crippen LogP contribution in [0.15, 0.2) is 18.2 Å². The van der Waals surface area contributed by atoms with Crippen molar-refractivity contribution < 1.29 is 4.39 Å². The molecule has 1 fully saturated rings. The zero-order valence-electron chi connectivity index (χ0n) is 8.60. The Kier molecular flexibility index (Phi) is 2.98. The Morgan fingerprint density at radius 1 is 1.33 bits per heavy atom. The van der Waals surface area contributed by atoms with E-state index in [1.807, 2.05) is 6.07 Å². The van der Waals surface area contributed by atoms with Crippen LogP contribution in [0.3, 0.4) is 0 Å². The number of halogens is 2. The summed E-state index contributed by atoms with van der Waals surface area (Å²) in [7, 11) is 0. The molecule has 0 saturated heterocycles. The third-order valence-electron chi connectivity index (χ3n) is 3.22. The largest absolute Gasteiger partial charge is 0.321 e. The maximum absolute atomic E-state index is 12.4. The van der Waals surface area contributed by atoms with Gasteiger partial charge in [-0.05, 0) is 30.0 Å². The summed E-state index contributed by atoms with van der Waals surface area (Å²) < 4.78 is 12.4. The van der Waals surface area contributed by atoms with Crippen LogP contribution < -0.4 is 5.73 Å². The molecule has 0 spiro atoms. The monoisotopic (exact) mass is 227 g/mol. The Morgan fingerprint density at radius 2 is 2.00 bits per heavy atom. The van der Waals surface area contributed by atoms with Crippen molar-refractivity contribution in [3.63, 3.8) is 0 Å². The Balaban J connectivity index is 2.36. The minimum atomic E-state index is -0.475. The maximum Gasteiger partial charge on any atom is 0.115 e. The van der Waals surface area contributed by atoms with Crippen molar-refractivity contribution in [1.29, 1.82) is 0 Å². The molecule has 1 nitrogen and oxygen atoms in total. The second-order valence-corrected chi connectivity index (χ2v) is 4.72. The molecule has 0 unspecified atom stereocenters. The van der Waals surface area contributed by atoms with Crippen molar-refractivity contribution in [2.45, 2.75) is 37.9 Å². The molecule has 0 heterocycles. The van der Waals surface area contributed by atoms with E-state index < -0.39 is 6.67 Å². The zero-order valence-corrected chi connectivity index (χ0v) is 9.36. The summed E-state index contributed by atoms with van der Waals surface area (Å²) >= 11 is 6.13. The van der Waals surface area contributed by atoms with Gasteiger partial charge in [-0.1, -0.05) is 36.6 Å². The lowest BCUT2D eigenvalue weighted by Crippen LogP contribution is -2.33. The van der Waals surface area contributed by atoms with E-state index in [1.54, 1.807) is 12.1 Å². The fourth-order valence-electron chi connectivity index (χ4n) is 2.32. The van der Waals surface area contributed by atoms with Gasteiger partial charge in [-0.25, -0.2) is 4.39 Å². The van der Waals surface area contributed by atoms with E-state index in [0.717, 1.165) is 31.2 Å². The number of hydrogen-bond acceptors (Lipinski definition) is 1. The summed E-state index contributed by atoms with van der Waals surface area (Å²) in [5.74, 6) is 0. The number of rotatable bonds is 2. The van der Waals surface area contributed by atoms with Crippen molar-refractivity contribution in [3.05, 3.63) is 34.3 Å². The molecule has 0 amide bonds. The quantitative estimate of drug-likeness (QED) is 0.822. The van der Waals surface area contributed by atoms with Gasteiger partial charge in [0, 0.05) is 10.6 Å². The minimum Gasteiger partial charge on any atom is -0.321 e. The predicted molar refractivity (Wildman–Crippen MR) is 60.6 cm³/mol. The number of benzene rings is 1. The van der Waals surface area contributed by atoms with Crippen LogP contribution in [0.25, 0.3) is 0 Å². The maximum atomic E-state index is 12.4. The topological polar surface area (TPSA) is 26.0 Å². The number of alkyl halides is 1. The lowest BCUT2D eigenvalue weighted by Gasteiger charge is -2.25. The average molecular weight is 228 g/mol. The van der Waals surface area contributed by atoms with Crippen LogP contribution in [-0.2, 0) is 12.2 Å². The molecular formula is C12H15ClFN. The summed E-state index contributed by atoms with van der Waals surface area (Å²) in [6, 6.07) is 5.33. The highest BCUT2D eigenvalue weighted by atomic mass is 35.5. The molecule has 3 heteroatoms. The van der Waals surface area contributed by atoms with Crippen LogP contribution in [0.2, 0.25) is 5.02 Å². The first-order valence-electron chi connectivity index (χ1n) is 5.29. The van der Waals surface area contributed by atoms with Crippen LogP contribution in [0, 0.1) is 0 Å². The molecule has 1 aliphatic carbocycles. The third kappa shape index (κ3) is 2.01. The van der Waals surface area contributed by atoms with E-state index in [9.17, 15) is 4.39 Å². The zero-order chi connectivity index (χ0) is 10.9. The molecule has 0 aromatic heterocycles. The Morgan fingerprint density at radius 3 is 2.53 bits per heavy atom. The predicted octanol–water partition coefficient (Wildman–Crippen LogP) is 3.54. The van der Waals surface area contributed by atoms with Crippen molar-refractivity contribution in [2.75, 3.05) is 0 Å². The van der Waals surface area contributed by atoms with Crippen LogP contribution in [0.4, 0.5) is 4.39 Å². The van der Waals surface area contributed by atoms with Gasteiger partial charge in [-0.15, -0.1) is 0 Å². The van der Waals surface area contributed by atoms with Gasteiger partial charge in [0.1, 0.15) is 6.67 Å². The summed E-state index contributed by atoms with van der Waals surface area (Å²) in [6.07, 6.45) is 4.25. The highest BCUT2D eigenvalue weighted by Crippen LogP contribution is 2.39. The van der Waals surface area contributed by atoms with Crippen molar-refractivity contribution in [3.8, 4) is 0 Å². The van der Waals surface area contributed by atoms with Crippen molar-refractivity contribution >= 4 is 11.6 Å². The van der Waals surface area contributed by atoms with Gasteiger partial charge >= 0.3 is 0 Å². The molecule has 0 atom stereocenters. The molecule has 82 valence electrons. The van der Waals surface area contributed by atoms with Crippen LogP contribution in [0.1, 0.15) is 36.8 Å². The highest BCUT2D eigenvalue weighted by Gasteiger charge is 2.32. The van der Waals surface area contributed by atoms with Gasteiger partial charge < -0.3 is 5.73 Å². The van der Waals surface area contributed by atoms with Gasteiger partial charge in [0.05, 0.1) is 0 Å². The second-order valence-electron chi connectivity index (χ2n) is 4.31. The van der Waals surface area contributed by atoms with Gasteiger partial charge in [0.25, 0.3) is 0 Å². The fraction of sp³-hybridized carbons (Fsp3) is 0.500. The molecule has 1 saturated carbocycles. The summed E-state index contributed by atoms with van der Waals surface area (Å²) in [5, 5.41) is 0.606. The molecule has 0 aliphatic heterocycles. The molecular weight excluding hydrogens is 213 g/mol. The summed E-state index contributed by atoms with van der Waals surface area (Å²) in [5.41, 5.74) is 7.60. The Hall–Kier alpha value is -0.600. The van der Waals surface area contributed by atoms with E-state index >= 15 is 0 Å². The van der Waals surface area contributed by atoms with Gasteiger partial charge in [0.15, 0.2) is 0 Å². The standard InChI is InChI=1S/C12H15ClFN/c13-11-7-9(8-14)3-4-10(11)12(15)5-1-2-6-12/h3-4,7H,1-2,5-6,8,15H2. The second kappa shape index (κ2) is 4.11. The molecule has 2 N–H and O–H groups in total. The van der Waals surface area contributed by atoms with E-state index in [2.05, 4.69) is 0 Å². The molecule has 1 aromatic rings. The van der Waals surface area contributed by atoms with E-state index in [0.29, 0.717) is 10.6 Å². The van der Waals surface area contributed by atoms with Gasteiger partial charge in [-0.2, -0.15) is 0 Å². The van der Waals surface area contributed by atoms with Crippen molar-refractivity contribution in [1.82, 2.24) is 0 Å². The number of hydrogen-bond donors (Lipinski definition) is 1. The molecule has 0 radical (unpaired) electrons. The number of nitrogens with two attached hydrogens (primary N) is 1. The van der Waals surface area contributed by atoms with Gasteiger partial charge in [0.2, 0.25) is 0 Å². The van der Waals surface area contributed by atoms with E-state index in [-0.39, 0.29) is 5.54 Å². The minimum absolute atomic E-state index is 0.286. The lowest BCUT2D eigenvalue weighted by molar-refractivity contribution is 0.459. The van der Waals surface area contributed by atoms with Gasteiger partial charge in [-0.3, -0.25) is 0 Å². The normalized spacial score (nSPS) is 19.4. The van der Waals surface area contributed by atoms with Crippen molar-refractivity contribution in [2.24, 2.45) is 5.73 Å². The van der Waals surface area contributed by atoms with E-state index in [4.69, 9.17) is 17.3 Å². The summed E-state index contributed by atoms with van der Waals surface area (Å²) in [4.78, 5) is 0. The van der Waals surface area contributed by atoms with Crippen LogP contribution in [0.5, 0.6) is 0 Å². The molecule has 0 bridgehead atoms. The average Bonchev–Trinajstić information content (AvgIpc) is 2.65. The fourth-order valence-corrected chi connectivity index (χ4v) is 2.71. The Bertz CT molecular complexity index is 359. The van der Waals surface area contributed by atoms with E-state index in [1.165, 1.54) is 0 Å². The highest BCUT2D eigenvalue weighted by molar-refractivity contribution is 6.31. The lowest BCUT2D eigenvalue weighted by atomic mass is 9.89. The third-order valence-corrected chi connectivity index (χ3v) is 3.53. The first kappa shape index (κ1) is 10.9. The molecule has 2 rings (SSSR count). The first-order chi connectivity index (χ1) is 7.15. The molecule has 15 heavy (non-hydrogen) atoms. The molecule has 1 aromatic carbocycles. The smallest absolute Gasteiger partial charge is 0.115 e. The first-order valence-corrected chi connectivity index (χ1v) is 5.67. The summed E-state index contributed by atoms with van der Waals surface area (Å²) in [6.45, 7) is -0.475. The molecule has 1 aliphatic rings.